The molecule has 0 spiro atoms. The highest BCUT2D eigenvalue weighted by molar-refractivity contribution is 6.19. The van der Waals surface area contributed by atoms with Crippen LogP contribution in [0.4, 0.5) is 19.3 Å². The molecule has 0 aromatic heterocycles. The molecule has 8 heteroatoms. The number of nitrogens with zero attached hydrogens (tertiary/aromatic N) is 2. The highest BCUT2D eigenvalue weighted by atomic mass is 19.1. The molecule has 2 saturated heterocycles. The number of carbonyl (C=O) groups is 3. The van der Waals surface area contributed by atoms with E-state index >= 15 is 0 Å². The molecule has 2 aliphatic rings. The second-order valence-electron chi connectivity index (χ2n) is 7.27. The number of halogens is 2. The second kappa shape index (κ2) is 7.26. The van der Waals surface area contributed by atoms with Crippen LogP contribution in [0.5, 0.6) is 0 Å². The summed E-state index contributed by atoms with van der Waals surface area (Å²) in [6.07, 6.45) is -0.376. The average molecular weight is 409 g/mol. The number of rotatable bonds is 1. The molecule has 2 aliphatic heterocycles. The molecule has 152 valence electrons. The predicted octanol–water partition coefficient (Wildman–Crippen LogP) is 2.41. The number of nitrogens with one attached hydrogen (secondary N) is 1. The number of anilines is 1. The molecule has 4 rings (SSSR count). The molecule has 0 radical (unpaired) electrons. The Hall–Kier alpha value is -3.73. The fourth-order valence-corrected chi connectivity index (χ4v) is 3.66. The van der Waals surface area contributed by atoms with Crippen molar-refractivity contribution < 1.29 is 23.2 Å². The molecule has 2 aromatic rings. The number of piperazine rings is 1. The number of fused-ring (bicyclic) bond motifs is 1. The summed E-state index contributed by atoms with van der Waals surface area (Å²) >= 11 is 0. The van der Waals surface area contributed by atoms with Gasteiger partial charge in [0.25, 0.3) is 0 Å². The molecule has 4 amide bonds. The Morgan fingerprint density at radius 3 is 2.30 bits per heavy atom. The Bertz CT molecular complexity index is 1100. The predicted molar refractivity (Wildman–Crippen MR) is 104 cm³/mol. The lowest BCUT2D eigenvalue weighted by molar-refractivity contribution is -0.140. The normalized spacial score (nSPS) is 21.0. The topological polar surface area (TPSA) is 69.7 Å². The summed E-state index contributed by atoms with van der Waals surface area (Å²) in [5.41, 5.74) is -1.40. The van der Waals surface area contributed by atoms with Crippen LogP contribution < -0.4 is 10.2 Å². The van der Waals surface area contributed by atoms with Crippen molar-refractivity contribution in [3.63, 3.8) is 0 Å². The minimum atomic E-state index is -1.38. The number of urea groups is 1. The first-order chi connectivity index (χ1) is 14.3. The monoisotopic (exact) mass is 409 g/mol. The van der Waals surface area contributed by atoms with E-state index in [0.717, 1.165) is 12.1 Å². The molecule has 1 atom stereocenters. The number of carbonyl (C=O) groups excluding carboxylic acids is 3. The Morgan fingerprint density at radius 1 is 1.00 bits per heavy atom. The SMILES string of the molecule is CC12CC(=O)N(c3c(F)cc(C#Cc4ccccc4)cc3F)C(=O)N1CCNC2=O. The maximum atomic E-state index is 14.8. The van der Waals surface area contributed by atoms with Crippen molar-refractivity contribution in [2.45, 2.75) is 18.9 Å². The van der Waals surface area contributed by atoms with Gasteiger partial charge >= 0.3 is 6.03 Å². The maximum absolute atomic E-state index is 14.8. The molecule has 0 bridgehead atoms. The molecule has 0 aliphatic carbocycles. The Balaban J connectivity index is 1.69. The van der Waals surface area contributed by atoms with Crippen LogP contribution in [0.25, 0.3) is 0 Å². The van der Waals surface area contributed by atoms with E-state index in [1.165, 1.54) is 11.8 Å². The van der Waals surface area contributed by atoms with Crippen LogP contribution in [0.1, 0.15) is 24.5 Å². The van der Waals surface area contributed by atoms with Crippen LogP contribution in [0.3, 0.4) is 0 Å². The number of hydrogen-bond acceptors (Lipinski definition) is 3. The zero-order chi connectivity index (χ0) is 21.5. The minimum Gasteiger partial charge on any atom is -0.352 e. The van der Waals surface area contributed by atoms with Crippen molar-refractivity contribution in [2.75, 3.05) is 18.0 Å². The van der Waals surface area contributed by atoms with E-state index in [9.17, 15) is 23.2 Å². The largest absolute Gasteiger partial charge is 0.352 e. The summed E-state index contributed by atoms with van der Waals surface area (Å²) in [4.78, 5) is 39.4. The number of amides is 4. The van der Waals surface area contributed by atoms with Crippen molar-refractivity contribution in [1.82, 2.24) is 10.2 Å². The third-order valence-corrected chi connectivity index (χ3v) is 5.24. The lowest BCUT2D eigenvalue weighted by Gasteiger charge is -2.48. The fourth-order valence-electron chi connectivity index (χ4n) is 3.66. The highest BCUT2D eigenvalue weighted by Gasteiger charge is 2.53. The van der Waals surface area contributed by atoms with Crippen molar-refractivity contribution in [2.24, 2.45) is 0 Å². The van der Waals surface area contributed by atoms with Crippen molar-refractivity contribution >= 4 is 23.5 Å². The van der Waals surface area contributed by atoms with E-state index in [4.69, 9.17) is 0 Å². The molecule has 6 nitrogen and oxygen atoms in total. The van der Waals surface area contributed by atoms with Gasteiger partial charge in [-0.3, -0.25) is 9.59 Å². The number of imide groups is 1. The summed E-state index contributed by atoms with van der Waals surface area (Å²) in [5.74, 6) is 1.98. The first-order valence-corrected chi connectivity index (χ1v) is 9.30. The van der Waals surface area contributed by atoms with Crippen LogP contribution in [0.15, 0.2) is 42.5 Å². The van der Waals surface area contributed by atoms with Crippen molar-refractivity contribution in [3.8, 4) is 11.8 Å². The van der Waals surface area contributed by atoms with Crippen LogP contribution in [-0.2, 0) is 9.59 Å². The molecule has 2 aromatic carbocycles. The highest BCUT2D eigenvalue weighted by Crippen LogP contribution is 2.35. The van der Waals surface area contributed by atoms with Crippen molar-refractivity contribution in [1.29, 1.82) is 0 Å². The Labute approximate surface area is 171 Å². The van der Waals surface area contributed by atoms with Gasteiger partial charge in [0, 0.05) is 24.2 Å². The fraction of sp³-hybridized carbons (Fsp3) is 0.227. The Kier molecular flexibility index (Phi) is 4.74. The van der Waals surface area contributed by atoms with Gasteiger partial charge < -0.3 is 10.2 Å². The first kappa shape index (κ1) is 19.6. The van der Waals surface area contributed by atoms with E-state index < -0.39 is 40.7 Å². The van der Waals surface area contributed by atoms with Crippen LogP contribution in [0.2, 0.25) is 0 Å². The van der Waals surface area contributed by atoms with Gasteiger partial charge in [-0.2, -0.15) is 0 Å². The molecular weight excluding hydrogens is 392 g/mol. The molecule has 0 saturated carbocycles. The van der Waals surface area contributed by atoms with E-state index in [2.05, 4.69) is 17.2 Å². The molecular formula is C22H17F2N3O3. The van der Waals surface area contributed by atoms with Gasteiger partial charge in [0.15, 0.2) is 11.6 Å². The second-order valence-corrected chi connectivity index (χ2v) is 7.27. The maximum Gasteiger partial charge on any atom is 0.332 e. The lowest BCUT2D eigenvalue weighted by Crippen LogP contribution is -2.72. The number of benzene rings is 2. The van der Waals surface area contributed by atoms with Gasteiger partial charge in [-0.15, -0.1) is 0 Å². The zero-order valence-electron chi connectivity index (χ0n) is 16.0. The van der Waals surface area contributed by atoms with Gasteiger partial charge in [-0.1, -0.05) is 30.0 Å². The van der Waals surface area contributed by atoms with Gasteiger partial charge in [-0.25, -0.2) is 18.5 Å². The summed E-state index contributed by atoms with van der Waals surface area (Å²) in [6, 6.07) is 9.94. The molecule has 1 N–H and O–H groups in total. The van der Waals surface area contributed by atoms with Gasteiger partial charge in [0.2, 0.25) is 11.8 Å². The summed E-state index contributed by atoms with van der Waals surface area (Å²) in [6.45, 7) is 1.79. The van der Waals surface area contributed by atoms with E-state index in [-0.39, 0.29) is 25.1 Å². The standard InChI is InChI=1S/C22H17F2N3O3/c1-22-13-18(28)27(21(30)26(22)10-9-25-20(22)29)19-16(23)11-15(12-17(19)24)8-7-14-5-3-2-4-6-14/h2-6,11-12H,9-10,13H2,1H3,(H,25,29). The Morgan fingerprint density at radius 2 is 1.63 bits per heavy atom. The van der Waals surface area contributed by atoms with E-state index in [0.29, 0.717) is 10.5 Å². The van der Waals surface area contributed by atoms with Crippen LogP contribution >= 0.6 is 0 Å². The smallest absolute Gasteiger partial charge is 0.332 e. The molecule has 1 unspecified atom stereocenters. The molecule has 30 heavy (non-hydrogen) atoms. The summed E-state index contributed by atoms with van der Waals surface area (Å²) in [7, 11) is 0. The van der Waals surface area contributed by atoms with Crippen LogP contribution in [-0.4, -0.2) is 41.4 Å². The van der Waals surface area contributed by atoms with Crippen molar-refractivity contribution in [3.05, 3.63) is 65.2 Å². The molecule has 2 fully saturated rings. The quantitative estimate of drug-likeness (QED) is 0.736. The third-order valence-electron chi connectivity index (χ3n) is 5.24. The third kappa shape index (κ3) is 3.18. The number of hydrogen-bond donors (Lipinski definition) is 1. The summed E-state index contributed by atoms with van der Waals surface area (Å²) < 4.78 is 29.6. The first-order valence-electron chi connectivity index (χ1n) is 9.30. The average Bonchev–Trinajstić information content (AvgIpc) is 2.70. The molecule has 2 heterocycles. The van der Waals surface area contributed by atoms with E-state index in [1.807, 2.05) is 6.07 Å². The van der Waals surface area contributed by atoms with E-state index in [1.54, 1.807) is 24.3 Å². The van der Waals surface area contributed by atoms with Gasteiger partial charge in [0.1, 0.15) is 11.2 Å². The van der Waals surface area contributed by atoms with Gasteiger partial charge in [0.05, 0.1) is 6.42 Å². The summed E-state index contributed by atoms with van der Waals surface area (Å²) in [5, 5.41) is 2.61. The zero-order valence-corrected chi connectivity index (χ0v) is 16.0. The van der Waals surface area contributed by atoms with Gasteiger partial charge in [-0.05, 0) is 31.2 Å². The van der Waals surface area contributed by atoms with Crippen LogP contribution in [0, 0.1) is 23.5 Å². The minimum absolute atomic E-state index is 0.0664. The lowest BCUT2D eigenvalue weighted by atomic mass is 9.89.